The highest BCUT2D eigenvalue weighted by molar-refractivity contribution is 5.84. The normalized spacial score (nSPS) is 12.3. The molecule has 0 saturated carbocycles. The second kappa shape index (κ2) is 4.33. The molecule has 2 aromatic carbocycles. The molecule has 0 aliphatic rings. The van der Waals surface area contributed by atoms with Crippen LogP contribution in [0.1, 0.15) is 5.82 Å². The number of aromatic amines is 2. The summed E-state index contributed by atoms with van der Waals surface area (Å²) in [7, 11) is 0. The summed E-state index contributed by atoms with van der Waals surface area (Å²) >= 11 is 0. The van der Waals surface area contributed by atoms with Crippen molar-refractivity contribution in [3.63, 3.8) is 0 Å². The van der Waals surface area contributed by atoms with Gasteiger partial charge in [-0.2, -0.15) is 13.2 Å². The van der Waals surface area contributed by atoms with Gasteiger partial charge in [0.05, 0.1) is 22.1 Å². The van der Waals surface area contributed by atoms with E-state index in [4.69, 9.17) is 0 Å². The van der Waals surface area contributed by atoms with Crippen molar-refractivity contribution >= 4 is 22.1 Å². The molecule has 0 bridgehead atoms. The summed E-state index contributed by atoms with van der Waals surface area (Å²) in [5, 5.41) is 0. The molecule has 7 heteroatoms. The Morgan fingerprint density at radius 3 is 2.36 bits per heavy atom. The Morgan fingerprint density at radius 2 is 1.59 bits per heavy atom. The lowest BCUT2D eigenvalue weighted by atomic mass is 10.2. The molecule has 22 heavy (non-hydrogen) atoms. The molecule has 2 heterocycles. The summed E-state index contributed by atoms with van der Waals surface area (Å²) in [5.74, 6) is -0.393. The van der Waals surface area contributed by atoms with Crippen LogP contribution < -0.4 is 0 Å². The lowest BCUT2D eigenvalue weighted by molar-refractivity contribution is -0.144. The maximum Gasteiger partial charge on any atom is 0.449 e. The van der Waals surface area contributed by atoms with Crippen LogP contribution in [0.15, 0.2) is 42.5 Å². The molecule has 2 N–H and O–H groups in total. The number of hydrogen-bond acceptors (Lipinski definition) is 2. The molecule has 0 atom stereocenters. The predicted octanol–water partition coefficient (Wildman–Crippen LogP) is 4.13. The van der Waals surface area contributed by atoms with Crippen LogP contribution >= 0.6 is 0 Å². The van der Waals surface area contributed by atoms with E-state index in [1.807, 2.05) is 24.3 Å². The van der Waals surface area contributed by atoms with Crippen LogP contribution in [0, 0.1) is 0 Å². The summed E-state index contributed by atoms with van der Waals surface area (Å²) in [4.78, 5) is 13.4. The van der Waals surface area contributed by atoms with E-state index in [0.717, 1.165) is 11.0 Å². The van der Waals surface area contributed by atoms with Gasteiger partial charge in [0.2, 0.25) is 5.82 Å². The van der Waals surface area contributed by atoms with Crippen LogP contribution in [0.25, 0.3) is 33.5 Å². The highest BCUT2D eigenvalue weighted by atomic mass is 19.4. The number of aromatic nitrogens is 4. The highest BCUT2D eigenvalue weighted by Crippen LogP contribution is 2.30. The average molecular weight is 302 g/mol. The maximum atomic E-state index is 12.7. The molecule has 0 aliphatic heterocycles. The third-order valence-electron chi connectivity index (χ3n) is 3.41. The van der Waals surface area contributed by atoms with Gasteiger partial charge in [-0.25, -0.2) is 9.97 Å². The van der Waals surface area contributed by atoms with Gasteiger partial charge in [0, 0.05) is 5.56 Å². The number of H-pyrrole nitrogens is 2. The molecule has 0 fully saturated rings. The molecule has 4 nitrogen and oxygen atoms in total. The van der Waals surface area contributed by atoms with Crippen LogP contribution in [0.3, 0.4) is 0 Å². The number of fused-ring (bicyclic) bond motifs is 2. The second-order valence-electron chi connectivity index (χ2n) is 4.92. The largest absolute Gasteiger partial charge is 0.449 e. The molecule has 110 valence electrons. The van der Waals surface area contributed by atoms with Crippen molar-refractivity contribution in [3.8, 4) is 11.4 Å². The number of nitrogens with one attached hydrogen (secondary N) is 2. The fourth-order valence-electron chi connectivity index (χ4n) is 2.38. The van der Waals surface area contributed by atoms with Gasteiger partial charge in [0.15, 0.2) is 0 Å². The first-order valence-electron chi connectivity index (χ1n) is 6.53. The number of halogens is 3. The fourth-order valence-corrected chi connectivity index (χ4v) is 2.38. The second-order valence-corrected chi connectivity index (χ2v) is 4.92. The molecule has 2 aromatic heterocycles. The van der Waals surface area contributed by atoms with Crippen molar-refractivity contribution in [3.05, 3.63) is 48.3 Å². The summed E-state index contributed by atoms with van der Waals surface area (Å²) in [6.45, 7) is 0. The summed E-state index contributed by atoms with van der Waals surface area (Å²) in [6, 6.07) is 12.4. The Kier molecular flexibility index (Phi) is 2.53. The average Bonchev–Trinajstić information content (AvgIpc) is 3.09. The lowest BCUT2D eigenvalue weighted by Gasteiger charge is -1.99. The van der Waals surface area contributed by atoms with Crippen molar-refractivity contribution in [2.75, 3.05) is 0 Å². The van der Waals surface area contributed by atoms with Gasteiger partial charge in [0.1, 0.15) is 5.82 Å². The molecule has 0 amide bonds. The Labute approximate surface area is 122 Å². The first-order valence-corrected chi connectivity index (χ1v) is 6.53. The number of benzene rings is 2. The molecular weight excluding hydrogens is 293 g/mol. The third kappa shape index (κ3) is 2.02. The molecular formula is C15H9F3N4. The Balaban J connectivity index is 1.85. The van der Waals surface area contributed by atoms with Gasteiger partial charge in [-0.15, -0.1) is 0 Å². The topological polar surface area (TPSA) is 57.4 Å². The predicted molar refractivity (Wildman–Crippen MR) is 76.2 cm³/mol. The Bertz CT molecular complexity index is 948. The van der Waals surface area contributed by atoms with Crippen LogP contribution in [-0.2, 0) is 6.18 Å². The minimum atomic E-state index is -4.49. The van der Waals surface area contributed by atoms with Gasteiger partial charge < -0.3 is 9.97 Å². The summed E-state index contributed by atoms with van der Waals surface area (Å²) in [5.41, 5.74) is 2.97. The van der Waals surface area contributed by atoms with Crippen molar-refractivity contribution in [1.82, 2.24) is 19.9 Å². The van der Waals surface area contributed by atoms with Crippen LogP contribution in [-0.4, -0.2) is 19.9 Å². The van der Waals surface area contributed by atoms with E-state index in [1.165, 1.54) is 0 Å². The minimum absolute atomic E-state index is 0.271. The maximum absolute atomic E-state index is 12.7. The van der Waals surface area contributed by atoms with Crippen LogP contribution in [0.4, 0.5) is 13.2 Å². The summed E-state index contributed by atoms with van der Waals surface area (Å²) in [6.07, 6.45) is -4.49. The standard InChI is InChI=1S/C15H9F3N4/c16-15(17,18)14-21-11-6-5-8(7-12(11)22-14)13-19-9-3-1-2-4-10(9)20-13/h1-7H,(H,19,20)(H,21,22). The zero-order chi connectivity index (χ0) is 15.3. The third-order valence-corrected chi connectivity index (χ3v) is 3.41. The van der Waals surface area contributed by atoms with Crippen LogP contribution in [0.2, 0.25) is 0 Å². The van der Waals surface area contributed by atoms with E-state index in [-0.39, 0.29) is 5.52 Å². The zero-order valence-electron chi connectivity index (χ0n) is 11.1. The monoisotopic (exact) mass is 302 g/mol. The van der Waals surface area contributed by atoms with Crippen LogP contribution in [0.5, 0.6) is 0 Å². The number of hydrogen-bond donors (Lipinski definition) is 2. The Hall–Kier alpha value is -2.83. The fraction of sp³-hybridized carbons (Fsp3) is 0.0667. The van der Waals surface area contributed by atoms with Crippen molar-refractivity contribution in [1.29, 1.82) is 0 Å². The van der Waals surface area contributed by atoms with E-state index in [9.17, 15) is 13.2 Å². The molecule has 0 saturated heterocycles. The first-order chi connectivity index (χ1) is 10.5. The number of para-hydroxylation sites is 2. The molecule has 4 aromatic rings. The molecule has 4 rings (SSSR count). The first kappa shape index (κ1) is 12.9. The van der Waals surface area contributed by atoms with Crippen molar-refractivity contribution in [2.24, 2.45) is 0 Å². The lowest BCUT2D eigenvalue weighted by Crippen LogP contribution is -2.06. The van der Waals surface area contributed by atoms with Crippen molar-refractivity contribution < 1.29 is 13.2 Å². The van der Waals surface area contributed by atoms with E-state index < -0.39 is 12.0 Å². The highest BCUT2D eigenvalue weighted by Gasteiger charge is 2.34. The smallest absolute Gasteiger partial charge is 0.338 e. The van der Waals surface area contributed by atoms with E-state index in [2.05, 4.69) is 19.9 Å². The van der Waals surface area contributed by atoms with Crippen molar-refractivity contribution in [2.45, 2.75) is 6.18 Å². The molecule has 0 radical (unpaired) electrons. The Morgan fingerprint density at radius 1 is 0.818 bits per heavy atom. The van der Waals surface area contributed by atoms with E-state index in [1.54, 1.807) is 18.2 Å². The molecule has 0 unspecified atom stereocenters. The zero-order valence-corrected chi connectivity index (χ0v) is 11.1. The number of nitrogens with zero attached hydrogens (tertiary/aromatic N) is 2. The molecule has 0 spiro atoms. The van der Waals surface area contributed by atoms with Gasteiger partial charge in [-0.1, -0.05) is 12.1 Å². The summed E-state index contributed by atoms with van der Waals surface area (Å²) < 4.78 is 38.0. The minimum Gasteiger partial charge on any atom is -0.338 e. The van der Waals surface area contributed by atoms with E-state index >= 15 is 0 Å². The van der Waals surface area contributed by atoms with Gasteiger partial charge >= 0.3 is 6.18 Å². The SMILES string of the molecule is FC(F)(F)c1nc2ccc(-c3nc4ccccc4[nH]3)cc2[nH]1. The number of rotatable bonds is 1. The van der Waals surface area contributed by atoms with E-state index in [0.29, 0.717) is 16.9 Å². The van der Waals surface area contributed by atoms with Gasteiger partial charge in [-0.3, -0.25) is 0 Å². The number of alkyl halides is 3. The quantitative estimate of drug-likeness (QED) is 0.555. The molecule has 0 aliphatic carbocycles. The van der Waals surface area contributed by atoms with Gasteiger partial charge in [-0.05, 0) is 30.3 Å². The number of imidazole rings is 2. The van der Waals surface area contributed by atoms with Gasteiger partial charge in [0.25, 0.3) is 0 Å².